The minimum Gasteiger partial charge on any atom is -0.395 e. The third kappa shape index (κ3) is 5.02. The van der Waals surface area contributed by atoms with E-state index in [-0.39, 0.29) is 6.61 Å². The fraction of sp³-hybridized carbons (Fsp3) is 0.280. The van der Waals surface area contributed by atoms with E-state index in [1.807, 2.05) is 24.3 Å². The number of anilines is 2. The molecule has 6 heteroatoms. The summed E-state index contributed by atoms with van der Waals surface area (Å²) in [5, 5.41) is 25.8. The molecule has 0 radical (unpaired) electrons. The first kappa shape index (κ1) is 20.9. The molecule has 1 aromatic heterocycles. The van der Waals surface area contributed by atoms with Gasteiger partial charge in [-0.15, -0.1) is 0 Å². The van der Waals surface area contributed by atoms with Crippen molar-refractivity contribution >= 4 is 11.5 Å². The van der Waals surface area contributed by atoms with Crippen molar-refractivity contribution in [2.75, 3.05) is 30.3 Å². The summed E-state index contributed by atoms with van der Waals surface area (Å²) in [4.78, 5) is 7.00. The molecule has 1 aliphatic rings. The molecule has 0 saturated heterocycles. The van der Waals surface area contributed by atoms with Gasteiger partial charge in [-0.05, 0) is 23.1 Å². The van der Waals surface area contributed by atoms with Crippen LogP contribution in [0, 0.1) is 11.3 Å². The van der Waals surface area contributed by atoms with Gasteiger partial charge in [0.2, 0.25) is 0 Å². The normalized spacial score (nSPS) is 13.3. The number of hydrogen-bond acceptors (Lipinski definition) is 6. The first-order chi connectivity index (χ1) is 15.3. The van der Waals surface area contributed by atoms with Gasteiger partial charge >= 0.3 is 0 Å². The standard InChI is InChI=1S/C25H27N5O/c26-15-23-24(28-16-19-7-3-1-4-8-19)22-18-30(17-20-9-5-2-6-10-20)13-11-21(22)25(29-23)27-12-14-31/h1-10,28,31H,11-14,16-18H2,(H,27,29). The van der Waals surface area contributed by atoms with E-state index in [9.17, 15) is 10.4 Å². The fourth-order valence-electron chi connectivity index (χ4n) is 4.04. The van der Waals surface area contributed by atoms with E-state index in [1.165, 1.54) is 5.56 Å². The molecular formula is C25H27N5O. The molecule has 0 unspecified atom stereocenters. The molecule has 31 heavy (non-hydrogen) atoms. The Labute approximate surface area is 183 Å². The molecule has 0 spiro atoms. The number of fused-ring (bicyclic) bond motifs is 1. The molecule has 3 aromatic rings. The van der Waals surface area contributed by atoms with Crippen LogP contribution < -0.4 is 10.6 Å². The summed E-state index contributed by atoms with van der Waals surface area (Å²) in [6.07, 6.45) is 0.842. The van der Waals surface area contributed by atoms with Gasteiger partial charge in [-0.3, -0.25) is 4.90 Å². The Hall–Kier alpha value is -3.40. The van der Waals surface area contributed by atoms with Crippen molar-refractivity contribution in [1.82, 2.24) is 9.88 Å². The van der Waals surface area contributed by atoms with Crippen LogP contribution in [-0.4, -0.2) is 34.7 Å². The molecule has 0 bridgehead atoms. The molecule has 0 atom stereocenters. The summed E-state index contributed by atoms with van der Waals surface area (Å²) < 4.78 is 0. The lowest BCUT2D eigenvalue weighted by atomic mass is 9.96. The summed E-state index contributed by atoms with van der Waals surface area (Å²) in [7, 11) is 0. The van der Waals surface area contributed by atoms with Gasteiger partial charge in [-0.2, -0.15) is 5.26 Å². The maximum atomic E-state index is 9.82. The van der Waals surface area contributed by atoms with E-state index in [0.717, 1.165) is 48.4 Å². The highest BCUT2D eigenvalue weighted by Crippen LogP contribution is 2.34. The number of nitrogens with one attached hydrogen (secondary N) is 2. The minimum atomic E-state index is 0.0203. The van der Waals surface area contributed by atoms with Crippen molar-refractivity contribution < 1.29 is 5.11 Å². The van der Waals surface area contributed by atoms with Crippen LogP contribution >= 0.6 is 0 Å². The van der Waals surface area contributed by atoms with Crippen LogP contribution in [0.15, 0.2) is 60.7 Å². The van der Waals surface area contributed by atoms with E-state index >= 15 is 0 Å². The number of rotatable bonds is 8. The topological polar surface area (TPSA) is 84.2 Å². The Kier molecular flexibility index (Phi) is 6.78. The van der Waals surface area contributed by atoms with Crippen molar-refractivity contribution in [2.45, 2.75) is 26.1 Å². The van der Waals surface area contributed by atoms with Crippen LogP contribution in [0.25, 0.3) is 0 Å². The molecule has 0 saturated carbocycles. The average molecular weight is 414 g/mol. The number of aliphatic hydroxyl groups excluding tert-OH is 1. The zero-order valence-corrected chi connectivity index (χ0v) is 17.5. The van der Waals surface area contributed by atoms with Gasteiger partial charge in [0, 0.05) is 38.3 Å². The number of nitrogens with zero attached hydrogens (tertiary/aromatic N) is 3. The molecule has 4 rings (SSSR count). The van der Waals surface area contributed by atoms with E-state index in [1.54, 1.807) is 0 Å². The van der Waals surface area contributed by atoms with Crippen molar-refractivity contribution in [2.24, 2.45) is 0 Å². The van der Waals surface area contributed by atoms with Crippen molar-refractivity contribution in [1.29, 1.82) is 5.26 Å². The molecule has 6 nitrogen and oxygen atoms in total. The number of pyridine rings is 1. The van der Waals surface area contributed by atoms with Gasteiger partial charge in [-0.25, -0.2) is 4.98 Å². The number of aliphatic hydroxyl groups is 1. The highest BCUT2D eigenvalue weighted by atomic mass is 16.3. The second kappa shape index (κ2) is 10.1. The van der Waals surface area contributed by atoms with Gasteiger partial charge in [0.1, 0.15) is 11.9 Å². The molecule has 3 N–H and O–H groups in total. The van der Waals surface area contributed by atoms with Crippen molar-refractivity contribution in [3.05, 3.63) is 88.6 Å². The minimum absolute atomic E-state index is 0.0203. The maximum absolute atomic E-state index is 9.82. The Morgan fingerprint density at radius 1 is 0.968 bits per heavy atom. The van der Waals surface area contributed by atoms with Gasteiger partial charge in [-0.1, -0.05) is 60.7 Å². The number of aromatic nitrogens is 1. The maximum Gasteiger partial charge on any atom is 0.166 e. The second-order valence-electron chi connectivity index (χ2n) is 7.69. The third-order valence-corrected chi connectivity index (χ3v) is 5.54. The number of benzene rings is 2. The van der Waals surface area contributed by atoms with Crippen LogP contribution in [0.2, 0.25) is 0 Å². The summed E-state index contributed by atoms with van der Waals surface area (Å²) in [5.74, 6) is 0.713. The monoisotopic (exact) mass is 413 g/mol. The predicted octanol–water partition coefficient (Wildman–Crippen LogP) is 3.53. The molecule has 0 amide bonds. The second-order valence-corrected chi connectivity index (χ2v) is 7.69. The van der Waals surface area contributed by atoms with Crippen LogP contribution in [0.3, 0.4) is 0 Å². The Bertz CT molecular complexity index is 1050. The van der Waals surface area contributed by atoms with Crippen molar-refractivity contribution in [3.63, 3.8) is 0 Å². The lowest BCUT2D eigenvalue weighted by Crippen LogP contribution is -2.32. The first-order valence-corrected chi connectivity index (χ1v) is 10.6. The van der Waals surface area contributed by atoms with Gasteiger partial charge in [0.15, 0.2) is 5.69 Å². The SMILES string of the molecule is N#Cc1nc(NCCO)c2c(c1NCc1ccccc1)CN(Cc1ccccc1)CC2. The molecule has 0 aliphatic carbocycles. The predicted molar refractivity (Wildman–Crippen MR) is 123 cm³/mol. The highest BCUT2D eigenvalue weighted by molar-refractivity contribution is 5.68. The Balaban J connectivity index is 1.65. The molecule has 158 valence electrons. The molecular weight excluding hydrogens is 386 g/mol. The zero-order valence-electron chi connectivity index (χ0n) is 17.5. The lowest BCUT2D eigenvalue weighted by molar-refractivity contribution is 0.246. The number of nitriles is 1. The highest BCUT2D eigenvalue weighted by Gasteiger charge is 2.25. The van der Waals surface area contributed by atoms with Crippen molar-refractivity contribution in [3.8, 4) is 6.07 Å². The van der Waals surface area contributed by atoms with E-state index in [4.69, 9.17) is 0 Å². The zero-order chi connectivity index (χ0) is 21.5. The van der Waals surface area contributed by atoms with Gasteiger partial charge < -0.3 is 15.7 Å². The summed E-state index contributed by atoms with van der Waals surface area (Å²) in [6, 6.07) is 22.9. The van der Waals surface area contributed by atoms with Crippen LogP contribution in [0.5, 0.6) is 0 Å². The quantitative estimate of drug-likeness (QED) is 0.524. The molecule has 1 aliphatic heterocycles. The Morgan fingerprint density at radius 3 is 2.35 bits per heavy atom. The summed E-state index contributed by atoms with van der Waals surface area (Å²) >= 11 is 0. The van der Waals surface area contributed by atoms with Crippen LogP contribution in [-0.2, 0) is 26.1 Å². The molecule has 0 fully saturated rings. The summed E-state index contributed by atoms with van der Waals surface area (Å²) in [5.41, 5.74) is 5.88. The summed E-state index contributed by atoms with van der Waals surface area (Å²) in [6.45, 7) is 3.59. The Morgan fingerprint density at radius 2 is 1.68 bits per heavy atom. The van der Waals surface area contributed by atoms with Gasteiger partial charge in [0.25, 0.3) is 0 Å². The van der Waals surface area contributed by atoms with Crippen LogP contribution in [0.1, 0.15) is 27.9 Å². The first-order valence-electron chi connectivity index (χ1n) is 10.6. The third-order valence-electron chi connectivity index (χ3n) is 5.54. The van der Waals surface area contributed by atoms with E-state index in [0.29, 0.717) is 24.6 Å². The van der Waals surface area contributed by atoms with E-state index < -0.39 is 0 Å². The largest absolute Gasteiger partial charge is 0.395 e. The van der Waals surface area contributed by atoms with Gasteiger partial charge in [0.05, 0.1) is 12.3 Å². The van der Waals surface area contributed by atoms with Crippen LogP contribution in [0.4, 0.5) is 11.5 Å². The molecule has 2 heterocycles. The fourth-order valence-corrected chi connectivity index (χ4v) is 4.04. The lowest BCUT2D eigenvalue weighted by Gasteiger charge is -2.32. The number of hydrogen-bond donors (Lipinski definition) is 3. The molecule has 2 aromatic carbocycles. The average Bonchev–Trinajstić information content (AvgIpc) is 2.82. The smallest absolute Gasteiger partial charge is 0.166 e. The van der Waals surface area contributed by atoms with E-state index in [2.05, 4.69) is 63.0 Å².